The zero-order valence-corrected chi connectivity index (χ0v) is 9.50. The van der Waals surface area contributed by atoms with Crippen molar-refractivity contribution in [3.05, 3.63) is 0 Å². The predicted octanol–water partition coefficient (Wildman–Crippen LogP) is 2.80. The molecule has 0 spiro atoms. The second kappa shape index (κ2) is 4.93. The number of nitrogens with zero attached hydrogens (tertiary/aromatic N) is 1. The van der Waals surface area contributed by atoms with Crippen molar-refractivity contribution in [1.29, 1.82) is 0 Å². The molecule has 0 aromatic rings. The van der Waals surface area contributed by atoms with E-state index < -0.39 is 5.00 Å². The number of hydrogen-bond donors (Lipinski definition) is 1. The number of amidine groups is 1. The van der Waals surface area contributed by atoms with Crippen LogP contribution in [0.5, 0.6) is 0 Å². The van der Waals surface area contributed by atoms with E-state index in [2.05, 4.69) is 24.2 Å². The smallest absolute Gasteiger partial charge is 0.192 e. The van der Waals surface area contributed by atoms with E-state index >= 15 is 0 Å². The average molecular weight is 211 g/mol. The summed E-state index contributed by atoms with van der Waals surface area (Å²) >= 11 is 11.9. The highest BCUT2D eigenvalue weighted by Gasteiger charge is 2.27. The summed E-state index contributed by atoms with van der Waals surface area (Å²) in [6, 6.07) is 0. The molecule has 0 aliphatic heterocycles. The van der Waals surface area contributed by atoms with Gasteiger partial charge in [-0.1, -0.05) is 31.9 Å². The summed E-state index contributed by atoms with van der Waals surface area (Å²) in [5.74, 6) is 0.342. The zero-order chi connectivity index (χ0) is 9.78. The van der Waals surface area contributed by atoms with Gasteiger partial charge in [-0.25, -0.2) is 0 Å². The Labute approximate surface area is 84.3 Å². The van der Waals surface area contributed by atoms with Gasteiger partial charge in [0.15, 0.2) is 5.29 Å². The van der Waals surface area contributed by atoms with Gasteiger partial charge < -0.3 is 5.32 Å². The normalized spacial score (nSPS) is 20.0. The third-order valence-electron chi connectivity index (χ3n) is 2.08. The van der Waals surface area contributed by atoms with Crippen LogP contribution in [0.4, 0.5) is 0 Å². The zero-order valence-electron chi connectivity index (χ0n) is 7.99. The Morgan fingerprint density at radius 1 is 1.67 bits per heavy atom. The van der Waals surface area contributed by atoms with Crippen LogP contribution >= 0.6 is 23.2 Å². The van der Waals surface area contributed by atoms with E-state index in [1.807, 2.05) is 6.92 Å². The fraction of sp³-hybridized carbons (Fsp3) is 0.875. The topological polar surface area (TPSA) is 24.4 Å². The molecular formula is C8H16Cl2N2. The van der Waals surface area contributed by atoms with Gasteiger partial charge in [0, 0.05) is 7.05 Å². The van der Waals surface area contributed by atoms with Gasteiger partial charge in [0.25, 0.3) is 0 Å². The lowest BCUT2D eigenvalue weighted by Crippen LogP contribution is -2.44. The van der Waals surface area contributed by atoms with Crippen molar-refractivity contribution < 1.29 is 0 Å². The highest BCUT2D eigenvalue weighted by molar-refractivity contribution is 6.65. The Morgan fingerprint density at radius 3 is 2.50 bits per heavy atom. The molecule has 2 nitrogen and oxygen atoms in total. The van der Waals surface area contributed by atoms with Gasteiger partial charge in [0.2, 0.25) is 0 Å². The van der Waals surface area contributed by atoms with E-state index in [0.29, 0.717) is 11.2 Å². The number of aliphatic imine (C=N–C) groups is 1. The molecule has 4 heteroatoms. The molecule has 0 saturated carbocycles. The molecule has 1 N–H and O–H groups in total. The number of halogens is 2. The molecular weight excluding hydrogens is 195 g/mol. The lowest BCUT2D eigenvalue weighted by atomic mass is 10.0. The largest absolute Gasteiger partial charge is 0.342 e. The lowest BCUT2D eigenvalue weighted by molar-refractivity contribution is 0.389. The lowest BCUT2D eigenvalue weighted by Gasteiger charge is -2.29. The first-order valence-electron chi connectivity index (χ1n) is 4.03. The fourth-order valence-corrected chi connectivity index (χ4v) is 1.25. The molecule has 0 aromatic heterocycles. The molecule has 0 saturated heterocycles. The van der Waals surface area contributed by atoms with E-state index in [1.165, 1.54) is 0 Å². The van der Waals surface area contributed by atoms with Gasteiger partial charge in [-0.15, -0.1) is 0 Å². The quantitative estimate of drug-likeness (QED) is 0.330. The summed E-state index contributed by atoms with van der Waals surface area (Å²) < 4.78 is 0. The summed E-state index contributed by atoms with van der Waals surface area (Å²) in [5, 5.41) is 3.29. The average Bonchev–Trinajstić information content (AvgIpc) is 2.02. The molecule has 0 rings (SSSR count). The molecule has 0 heterocycles. The summed E-state index contributed by atoms with van der Waals surface area (Å²) in [7, 11) is 1.62. The van der Waals surface area contributed by atoms with Crippen molar-refractivity contribution in [3.63, 3.8) is 0 Å². The van der Waals surface area contributed by atoms with Gasteiger partial charge in [0.1, 0.15) is 5.00 Å². The molecule has 0 amide bonds. The molecule has 0 bridgehead atoms. The van der Waals surface area contributed by atoms with Gasteiger partial charge >= 0.3 is 0 Å². The molecule has 0 aliphatic carbocycles. The first-order chi connectivity index (χ1) is 5.44. The van der Waals surface area contributed by atoms with Crippen LogP contribution in [-0.4, -0.2) is 17.3 Å². The van der Waals surface area contributed by atoms with Crippen LogP contribution in [0.1, 0.15) is 27.2 Å². The van der Waals surface area contributed by atoms with E-state index in [-0.39, 0.29) is 0 Å². The molecule has 0 aromatic carbocycles. The van der Waals surface area contributed by atoms with Crippen LogP contribution < -0.4 is 5.32 Å². The predicted molar refractivity (Wildman–Crippen MR) is 56.1 cm³/mol. The standard InChI is InChI=1S/C8H16Cl2N2/c1-5-6(2)8(3,10)12-7(9)11-4/h6H,5H2,1-4H3,(H,11,12)/t6-,8?/m1/s1. The van der Waals surface area contributed by atoms with Crippen LogP contribution in [0.15, 0.2) is 4.99 Å². The summed E-state index contributed by atoms with van der Waals surface area (Å²) in [6.45, 7) is 6.06. The maximum Gasteiger partial charge on any atom is 0.192 e. The van der Waals surface area contributed by atoms with Crippen molar-refractivity contribution in [2.24, 2.45) is 10.9 Å². The minimum atomic E-state index is -0.509. The third kappa shape index (κ3) is 3.63. The van der Waals surface area contributed by atoms with Crippen molar-refractivity contribution in [3.8, 4) is 0 Å². The summed E-state index contributed by atoms with van der Waals surface area (Å²) in [4.78, 5) is 3.27. The van der Waals surface area contributed by atoms with Crippen molar-refractivity contribution >= 4 is 28.5 Å². The molecule has 0 aliphatic rings. The van der Waals surface area contributed by atoms with Gasteiger partial charge in [-0.3, -0.25) is 4.99 Å². The fourth-order valence-electron chi connectivity index (χ4n) is 0.764. The van der Waals surface area contributed by atoms with Gasteiger partial charge in [-0.05, 0) is 24.4 Å². The molecule has 72 valence electrons. The Bertz CT molecular complexity index is 166. The number of hydrogen-bond acceptors (Lipinski definition) is 1. The summed E-state index contributed by atoms with van der Waals surface area (Å²) in [6.07, 6.45) is 1.00. The van der Waals surface area contributed by atoms with Crippen molar-refractivity contribution in [1.82, 2.24) is 5.32 Å². The van der Waals surface area contributed by atoms with Crippen LogP contribution in [0.3, 0.4) is 0 Å². The summed E-state index contributed by atoms with van der Waals surface area (Å²) in [5.41, 5.74) is 0. The monoisotopic (exact) mass is 210 g/mol. The van der Waals surface area contributed by atoms with Crippen LogP contribution in [0.2, 0.25) is 0 Å². The SMILES string of the molecule is CC[C@@H](C)C(C)(Cl)NC(Cl)=NC. The van der Waals surface area contributed by atoms with Crippen molar-refractivity contribution in [2.75, 3.05) is 7.05 Å². The van der Waals surface area contributed by atoms with Crippen molar-refractivity contribution in [2.45, 2.75) is 32.2 Å². The minimum Gasteiger partial charge on any atom is -0.342 e. The van der Waals surface area contributed by atoms with E-state index in [9.17, 15) is 0 Å². The number of alkyl halides is 1. The Morgan fingerprint density at radius 2 is 2.17 bits per heavy atom. The first kappa shape index (κ1) is 12.0. The molecule has 0 radical (unpaired) electrons. The Balaban J connectivity index is 4.21. The third-order valence-corrected chi connectivity index (χ3v) is 2.81. The Hall–Kier alpha value is 0.0500. The van der Waals surface area contributed by atoms with Crippen LogP contribution in [0.25, 0.3) is 0 Å². The van der Waals surface area contributed by atoms with E-state index in [4.69, 9.17) is 23.2 Å². The highest BCUT2D eigenvalue weighted by atomic mass is 35.5. The molecule has 12 heavy (non-hydrogen) atoms. The maximum atomic E-state index is 6.18. The minimum absolute atomic E-state index is 0.342. The van der Waals surface area contributed by atoms with Gasteiger partial charge in [0.05, 0.1) is 0 Å². The second-order valence-corrected chi connectivity index (χ2v) is 4.17. The molecule has 2 atom stereocenters. The van der Waals surface area contributed by atoms with Crippen LogP contribution in [0, 0.1) is 5.92 Å². The van der Waals surface area contributed by atoms with Crippen LogP contribution in [-0.2, 0) is 0 Å². The second-order valence-electron chi connectivity index (χ2n) is 3.02. The Kier molecular flexibility index (Phi) is 4.95. The number of rotatable bonds is 3. The molecule has 1 unspecified atom stereocenters. The maximum absolute atomic E-state index is 6.18. The van der Waals surface area contributed by atoms with E-state index in [0.717, 1.165) is 6.42 Å². The van der Waals surface area contributed by atoms with Gasteiger partial charge in [-0.2, -0.15) is 0 Å². The first-order valence-corrected chi connectivity index (χ1v) is 4.79. The highest BCUT2D eigenvalue weighted by Crippen LogP contribution is 2.24. The molecule has 0 fully saturated rings. The number of nitrogens with one attached hydrogen (secondary N) is 1. The van der Waals surface area contributed by atoms with E-state index in [1.54, 1.807) is 7.05 Å².